The van der Waals surface area contributed by atoms with Crippen LogP contribution in [0, 0.1) is 0 Å². The second-order valence-corrected chi connectivity index (χ2v) is 5.41. The molecular formula is C16H20N2O3. The fourth-order valence-electron chi connectivity index (χ4n) is 2.67. The summed E-state index contributed by atoms with van der Waals surface area (Å²) in [7, 11) is 1.66. The van der Waals surface area contributed by atoms with E-state index in [1.807, 2.05) is 24.3 Å². The van der Waals surface area contributed by atoms with Gasteiger partial charge in [-0.3, -0.25) is 0 Å². The molecule has 1 aliphatic heterocycles. The molecule has 2 N–H and O–H groups in total. The van der Waals surface area contributed by atoms with Gasteiger partial charge in [-0.2, -0.15) is 0 Å². The van der Waals surface area contributed by atoms with Crippen LogP contribution < -0.4 is 10.1 Å². The van der Waals surface area contributed by atoms with Crippen LogP contribution in [-0.2, 0) is 4.74 Å². The maximum atomic E-state index is 10.5. The van der Waals surface area contributed by atoms with E-state index in [1.165, 1.54) is 0 Å². The quantitative estimate of drug-likeness (QED) is 0.903. The largest absolute Gasteiger partial charge is 0.496 e. The molecule has 0 atom stereocenters. The number of hydrogen-bond donors (Lipinski definition) is 2. The van der Waals surface area contributed by atoms with Crippen LogP contribution in [0.4, 0.5) is 5.82 Å². The van der Waals surface area contributed by atoms with Crippen LogP contribution >= 0.6 is 0 Å². The highest BCUT2D eigenvalue weighted by molar-refractivity contribution is 5.95. The number of aromatic nitrogens is 1. The van der Waals surface area contributed by atoms with Crippen LogP contribution in [0.3, 0.4) is 0 Å². The summed E-state index contributed by atoms with van der Waals surface area (Å²) in [5, 5.41) is 15.8. The fraction of sp³-hybridized carbons (Fsp3) is 0.438. The molecule has 1 aliphatic rings. The van der Waals surface area contributed by atoms with Crippen molar-refractivity contribution in [2.24, 2.45) is 0 Å². The highest BCUT2D eigenvalue weighted by Crippen LogP contribution is 2.29. The zero-order valence-electron chi connectivity index (χ0n) is 12.1. The number of rotatable bonds is 4. The van der Waals surface area contributed by atoms with E-state index in [9.17, 15) is 5.11 Å². The Bertz CT molecular complexity index is 624. The zero-order chi connectivity index (χ0) is 14.7. The summed E-state index contributed by atoms with van der Waals surface area (Å²) in [6.45, 7) is 1.68. The van der Waals surface area contributed by atoms with Crippen molar-refractivity contribution < 1.29 is 14.6 Å². The van der Waals surface area contributed by atoms with Gasteiger partial charge in [-0.15, -0.1) is 0 Å². The Hall–Kier alpha value is -1.85. The third-order valence-corrected chi connectivity index (χ3v) is 3.99. The van der Waals surface area contributed by atoms with Gasteiger partial charge in [0.2, 0.25) is 0 Å². The first-order valence-corrected chi connectivity index (χ1v) is 7.18. The fourth-order valence-corrected chi connectivity index (χ4v) is 2.67. The number of methoxy groups -OCH3 is 1. The minimum atomic E-state index is -0.721. The lowest BCUT2D eigenvalue weighted by Crippen LogP contribution is -2.42. The van der Waals surface area contributed by atoms with Gasteiger partial charge in [0, 0.05) is 49.6 Å². The lowest BCUT2D eigenvalue weighted by molar-refractivity contribution is -0.0543. The van der Waals surface area contributed by atoms with E-state index >= 15 is 0 Å². The van der Waals surface area contributed by atoms with Gasteiger partial charge >= 0.3 is 0 Å². The lowest BCUT2D eigenvalue weighted by atomic mass is 9.94. The van der Waals surface area contributed by atoms with Crippen molar-refractivity contribution in [1.29, 1.82) is 0 Å². The smallest absolute Gasteiger partial charge is 0.134 e. The number of pyridine rings is 1. The summed E-state index contributed by atoms with van der Waals surface area (Å²) in [5.41, 5.74) is -0.721. The first-order valence-electron chi connectivity index (χ1n) is 7.18. The number of anilines is 1. The molecule has 3 rings (SSSR count). The first kappa shape index (κ1) is 14.1. The highest BCUT2D eigenvalue weighted by atomic mass is 16.5. The predicted molar refractivity (Wildman–Crippen MR) is 81.8 cm³/mol. The SMILES string of the molecule is COc1cccc2c(NCC3(O)CCOCC3)nccc12. The van der Waals surface area contributed by atoms with Gasteiger partial charge < -0.3 is 19.9 Å². The highest BCUT2D eigenvalue weighted by Gasteiger charge is 2.29. The number of benzene rings is 1. The summed E-state index contributed by atoms with van der Waals surface area (Å²) < 4.78 is 10.7. The van der Waals surface area contributed by atoms with Gasteiger partial charge in [0.1, 0.15) is 11.6 Å². The van der Waals surface area contributed by atoms with Crippen molar-refractivity contribution in [1.82, 2.24) is 4.98 Å². The molecule has 0 saturated carbocycles. The summed E-state index contributed by atoms with van der Waals surface area (Å²) in [6.07, 6.45) is 3.05. The maximum absolute atomic E-state index is 10.5. The summed E-state index contributed by atoms with van der Waals surface area (Å²) in [6, 6.07) is 7.80. The molecule has 2 aromatic rings. The average molecular weight is 288 g/mol. The van der Waals surface area contributed by atoms with Crippen LogP contribution in [0.15, 0.2) is 30.5 Å². The Morgan fingerprint density at radius 2 is 2.10 bits per heavy atom. The predicted octanol–water partition coefficient (Wildman–Crippen LogP) is 2.20. The molecule has 1 aromatic carbocycles. The zero-order valence-corrected chi connectivity index (χ0v) is 12.1. The van der Waals surface area contributed by atoms with E-state index in [2.05, 4.69) is 10.3 Å². The number of aliphatic hydroxyl groups is 1. The van der Waals surface area contributed by atoms with Gasteiger partial charge in [-0.25, -0.2) is 4.98 Å². The normalized spacial score (nSPS) is 17.6. The van der Waals surface area contributed by atoms with Crippen molar-refractivity contribution in [2.75, 3.05) is 32.2 Å². The Balaban J connectivity index is 1.84. The number of fused-ring (bicyclic) bond motifs is 1. The van der Waals surface area contributed by atoms with E-state index < -0.39 is 5.60 Å². The van der Waals surface area contributed by atoms with Crippen molar-refractivity contribution in [3.8, 4) is 5.75 Å². The standard InChI is InChI=1S/C16H20N2O3/c1-20-14-4-2-3-13-12(14)5-8-17-15(13)18-11-16(19)6-9-21-10-7-16/h2-5,8,19H,6-7,9-11H2,1H3,(H,17,18). The lowest BCUT2D eigenvalue weighted by Gasteiger charge is -2.32. The van der Waals surface area contributed by atoms with E-state index in [4.69, 9.17) is 9.47 Å². The molecule has 112 valence electrons. The average Bonchev–Trinajstić information content (AvgIpc) is 2.53. The minimum absolute atomic E-state index is 0.472. The van der Waals surface area contributed by atoms with Crippen LogP contribution in [-0.4, -0.2) is 42.6 Å². The molecule has 2 heterocycles. The van der Waals surface area contributed by atoms with Crippen molar-refractivity contribution >= 4 is 16.6 Å². The molecule has 0 unspecified atom stereocenters. The minimum Gasteiger partial charge on any atom is -0.496 e. The van der Waals surface area contributed by atoms with Gasteiger partial charge in [0.15, 0.2) is 0 Å². The number of nitrogens with zero attached hydrogens (tertiary/aromatic N) is 1. The van der Waals surface area contributed by atoms with E-state index in [0.717, 1.165) is 22.3 Å². The summed E-state index contributed by atoms with van der Waals surface area (Å²) in [4.78, 5) is 4.39. The monoisotopic (exact) mass is 288 g/mol. The molecule has 1 saturated heterocycles. The van der Waals surface area contributed by atoms with Gasteiger partial charge in [-0.1, -0.05) is 12.1 Å². The number of hydrogen-bond acceptors (Lipinski definition) is 5. The summed E-state index contributed by atoms with van der Waals surface area (Å²) in [5.74, 6) is 1.59. The Morgan fingerprint density at radius 1 is 1.29 bits per heavy atom. The van der Waals surface area contributed by atoms with Crippen LogP contribution in [0.2, 0.25) is 0 Å². The number of ether oxygens (including phenoxy) is 2. The van der Waals surface area contributed by atoms with Crippen molar-refractivity contribution in [3.63, 3.8) is 0 Å². The van der Waals surface area contributed by atoms with Gasteiger partial charge in [0.25, 0.3) is 0 Å². The van der Waals surface area contributed by atoms with Crippen LogP contribution in [0.1, 0.15) is 12.8 Å². The van der Waals surface area contributed by atoms with Gasteiger partial charge in [0.05, 0.1) is 12.7 Å². The molecule has 5 heteroatoms. The van der Waals surface area contributed by atoms with Crippen molar-refractivity contribution in [3.05, 3.63) is 30.5 Å². The molecule has 0 radical (unpaired) electrons. The van der Waals surface area contributed by atoms with Crippen molar-refractivity contribution in [2.45, 2.75) is 18.4 Å². The maximum Gasteiger partial charge on any atom is 0.134 e. The molecule has 0 spiro atoms. The Labute approximate surface area is 123 Å². The summed E-state index contributed by atoms with van der Waals surface area (Å²) >= 11 is 0. The van der Waals surface area contributed by atoms with E-state index in [0.29, 0.717) is 32.6 Å². The third-order valence-electron chi connectivity index (χ3n) is 3.99. The first-order chi connectivity index (χ1) is 10.2. The molecule has 1 aromatic heterocycles. The molecule has 0 amide bonds. The van der Waals surface area contributed by atoms with E-state index in [-0.39, 0.29) is 0 Å². The van der Waals surface area contributed by atoms with Crippen LogP contribution in [0.25, 0.3) is 10.8 Å². The van der Waals surface area contributed by atoms with Crippen LogP contribution in [0.5, 0.6) is 5.75 Å². The molecule has 1 fully saturated rings. The molecule has 5 nitrogen and oxygen atoms in total. The molecule has 21 heavy (non-hydrogen) atoms. The number of nitrogens with one attached hydrogen (secondary N) is 1. The molecule has 0 bridgehead atoms. The topological polar surface area (TPSA) is 63.6 Å². The molecule has 0 aliphatic carbocycles. The van der Waals surface area contributed by atoms with Gasteiger partial charge in [-0.05, 0) is 12.1 Å². The van der Waals surface area contributed by atoms with E-state index in [1.54, 1.807) is 13.3 Å². The molecular weight excluding hydrogens is 268 g/mol. The second-order valence-electron chi connectivity index (χ2n) is 5.41. The Kier molecular flexibility index (Phi) is 3.94. The Morgan fingerprint density at radius 3 is 2.86 bits per heavy atom. The third kappa shape index (κ3) is 2.94. The second kappa shape index (κ2) is 5.87.